The highest BCUT2D eigenvalue weighted by molar-refractivity contribution is 7.98. The summed E-state index contributed by atoms with van der Waals surface area (Å²) < 4.78 is 12.5. The molecule has 0 N–H and O–H groups in total. The Hall–Kier alpha value is -1.40. The number of aryl methyl sites for hydroxylation is 1. The predicted molar refractivity (Wildman–Crippen MR) is 68.1 cm³/mol. The summed E-state index contributed by atoms with van der Waals surface area (Å²) in [7, 11) is 1.91. The SMILES string of the molecule is Cn1cnnc1SCc1cc(Cl)c2c(c1)OCO2. The van der Waals surface area contributed by atoms with Crippen molar-refractivity contribution in [1.29, 1.82) is 0 Å². The Morgan fingerprint density at radius 3 is 3.11 bits per heavy atom. The Balaban J connectivity index is 1.78. The third-order valence-corrected chi connectivity index (χ3v) is 3.91. The maximum Gasteiger partial charge on any atom is 0.231 e. The number of nitrogens with zero attached hydrogens (tertiary/aromatic N) is 3. The van der Waals surface area contributed by atoms with Crippen LogP contribution in [0.1, 0.15) is 5.56 Å². The van der Waals surface area contributed by atoms with Gasteiger partial charge in [0, 0.05) is 12.8 Å². The van der Waals surface area contributed by atoms with Gasteiger partial charge in [0.25, 0.3) is 0 Å². The molecule has 0 amide bonds. The third kappa shape index (κ3) is 2.13. The van der Waals surface area contributed by atoms with Gasteiger partial charge in [-0.2, -0.15) is 0 Å². The Kier molecular flexibility index (Phi) is 3.05. The van der Waals surface area contributed by atoms with Gasteiger partial charge >= 0.3 is 0 Å². The molecule has 0 radical (unpaired) electrons. The Labute approximate surface area is 113 Å². The molecule has 5 nitrogen and oxygen atoms in total. The second-order valence-corrected chi connectivity index (χ2v) is 5.17. The lowest BCUT2D eigenvalue weighted by Crippen LogP contribution is -1.93. The molecule has 1 aromatic heterocycles. The lowest BCUT2D eigenvalue weighted by molar-refractivity contribution is 0.174. The topological polar surface area (TPSA) is 49.2 Å². The quantitative estimate of drug-likeness (QED) is 0.810. The minimum absolute atomic E-state index is 0.231. The van der Waals surface area contributed by atoms with Crippen molar-refractivity contribution >= 4 is 23.4 Å². The zero-order valence-corrected chi connectivity index (χ0v) is 11.2. The molecule has 18 heavy (non-hydrogen) atoms. The van der Waals surface area contributed by atoms with Gasteiger partial charge in [-0.25, -0.2) is 0 Å². The number of benzene rings is 1. The van der Waals surface area contributed by atoms with Crippen LogP contribution >= 0.6 is 23.4 Å². The maximum absolute atomic E-state index is 6.12. The summed E-state index contributed by atoms with van der Waals surface area (Å²) in [5, 5.41) is 9.29. The minimum Gasteiger partial charge on any atom is -0.454 e. The number of hydrogen-bond donors (Lipinski definition) is 0. The van der Waals surface area contributed by atoms with Crippen LogP contribution in [0.15, 0.2) is 23.6 Å². The molecule has 0 aliphatic carbocycles. The second-order valence-electron chi connectivity index (χ2n) is 3.82. The highest BCUT2D eigenvalue weighted by Gasteiger charge is 2.18. The number of rotatable bonds is 3. The van der Waals surface area contributed by atoms with Crippen LogP contribution in [0.2, 0.25) is 5.02 Å². The van der Waals surface area contributed by atoms with Gasteiger partial charge in [0.2, 0.25) is 6.79 Å². The van der Waals surface area contributed by atoms with E-state index in [-0.39, 0.29) is 6.79 Å². The van der Waals surface area contributed by atoms with Gasteiger partial charge in [0.1, 0.15) is 6.33 Å². The molecule has 0 unspecified atom stereocenters. The first-order valence-corrected chi connectivity index (χ1v) is 6.65. The van der Waals surface area contributed by atoms with Gasteiger partial charge in [0.15, 0.2) is 16.7 Å². The molecular formula is C11H10ClN3O2S. The van der Waals surface area contributed by atoms with Crippen LogP contribution in [-0.4, -0.2) is 21.6 Å². The molecule has 3 rings (SSSR count). The molecule has 0 spiro atoms. The highest BCUT2D eigenvalue weighted by Crippen LogP contribution is 2.40. The number of ether oxygens (including phenoxy) is 2. The fourth-order valence-corrected chi connectivity index (χ4v) is 2.76. The van der Waals surface area contributed by atoms with Crippen LogP contribution in [0.5, 0.6) is 11.5 Å². The molecule has 1 aliphatic rings. The molecular weight excluding hydrogens is 274 g/mol. The van der Waals surface area contributed by atoms with Crippen molar-refractivity contribution in [2.24, 2.45) is 7.05 Å². The van der Waals surface area contributed by atoms with E-state index in [4.69, 9.17) is 21.1 Å². The normalized spacial score (nSPS) is 13.0. The predicted octanol–water partition coefficient (Wildman–Crippen LogP) is 2.49. The number of aromatic nitrogens is 3. The standard InChI is InChI=1S/C11H10ClN3O2S/c1-15-5-13-14-11(15)18-4-7-2-8(12)10-9(3-7)16-6-17-10/h2-3,5H,4,6H2,1H3. The Morgan fingerprint density at radius 1 is 1.44 bits per heavy atom. The van der Waals surface area contributed by atoms with Gasteiger partial charge < -0.3 is 14.0 Å². The van der Waals surface area contributed by atoms with E-state index in [1.54, 1.807) is 18.1 Å². The van der Waals surface area contributed by atoms with E-state index in [0.29, 0.717) is 16.5 Å². The summed E-state index contributed by atoms with van der Waals surface area (Å²) in [5.74, 6) is 2.09. The van der Waals surface area contributed by atoms with Gasteiger partial charge in [-0.1, -0.05) is 23.4 Å². The number of fused-ring (bicyclic) bond motifs is 1. The molecule has 0 atom stereocenters. The van der Waals surface area contributed by atoms with Crippen LogP contribution in [-0.2, 0) is 12.8 Å². The van der Waals surface area contributed by atoms with E-state index in [1.807, 2.05) is 23.7 Å². The van der Waals surface area contributed by atoms with Gasteiger partial charge in [-0.15, -0.1) is 10.2 Å². The van der Waals surface area contributed by atoms with E-state index in [2.05, 4.69) is 10.2 Å². The zero-order chi connectivity index (χ0) is 12.5. The monoisotopic (exact) mass is 283 g/mol. The zero-order valence-electron chi connectivity index (χ0n) is 9.59. The van der Waals surface area contributed by atoms with Crippen LogP contribution < -0.4 is 9.47 Å². The first-order valence-electron chi connectivity index (χ1n) is 5.29. The number of thioether (sulfide) groups is 1. The lowest BCUT2D eigenvalue weighted by Gasteiger charge is -2.04. The van der Waals surface area contributed by atoms with Crippen molar-refractivity contribution in [1.82, 2.24) is 14.8 Å². The van der Waals surface area contributed by atoms with Crippen molar-refractivity contribution in [2.75, 3.05) is 6.79 Å². The van der Waals surface area contributed by atoms with Gasteiger partial charge in [0.05, 0.1) is 5.02 Å². The molecule has 0 saturated heterocycles. The average molecular weight is 284 g/mol. The van der Waals surface area contributed by atoms with Crippen molar-refractivity contribution < 1.29 is 9.47 Å². The van der Waals surface area contributed by atoms with Crippen LogP contribution in [0.3, 0.4) is 0 Å². The first-order chi connectivity index (χ1) is 8.74. The van der Waals surface area contributed by atoms with E-state index >= 15 is 0 Å². The Bertz CT molecular complexity index is 588. The summed E-state index contributed by atoms with van der Waals surface area (Å²) in [6.07, 6.45) is 1.68. The molecule has 0 saturated carbocycles. The number of hydrogen-bond acceptors (Lipinski definition) is 5. The average Bonchev–Trinajstić information content (AvgIpc) is 2.95. The Morgan fingerprint density at radius 2 is 2.33 bits per heavy atom. The fourth-order valence-electron chi connectivity index (χ4n) is 1.66. The molecule has 0 fully saturated rings. The molecule has 1 aliphatic heterocycles. The summed E-state index contributed by atoms with van der Waals surface area (Å²) in [6, 6.07) is 3.83. The summed E-state index contributed by atoms with van der Waals surface area (Å²) >= 11 is 7.71. The van der Waals surface area contributed by atoms with Gasteiger partial charge in [-0.3, -0.25) is 0 Å². The molecule has 7 heteroatoms. The fraction of sp³-hybridized carbons (Fsp3) is 0.273. The van der Waals surface area contributed by atoms with Crippen molar-refractivity contribution in [3.05, 3.63) is 29.0 Å². The molecule has 0 bridgehead atoms. The molecule has 1 aromatic carbocycles. The lowest BCUT2D eigenvalue weighted by atomic mass is 10.2. The number of halogens is 1. The minimum atomic E-state index is 0.231. The van der Waals surface area contributed by atoms with Crippen molar-refractivity contribution in [3.8, 4) is 11.5 Å². The van der Waals surface area contributed by atoms with Gasteiger partial charge in [-0.05, 0) is 17.7 Å². The van der Waals surface area contributed by atoms with Crippen LogP contribution in [0.25, 0.3) is 0 Å². The van der Waals surface area contributed by atoms with Crippen LogP contribution in [0.4, 0.5) is 0 Å². The van der Waals surface area contributed by atoms with E-state index < -0.39 is 0 Å². The van der Waals surface area contributed by atoms with Crippen LogP contribution in [0, 0.1) is 0 Å². The second kappa shape index (κ2) is 4.70. The molecule has 2 heterocycles. The summed E-state index contributed by atoms with van der Waals surface area (Å²) in [6.45, 7) is 0.231. The largest absolute Gasteiger partial charge is 0.454 e. The first kappa shape index (κ1) is 11.7. The van der Waals surface area contributed by atoms with E-state index in [9.17, 15) is 0 Å². The summed E-state index contributed by atoms with van der Waals surface area (Å²) in [4.78, 5) is 0. The molecule has 94 valence electrons. The smallest absolute Gasteiger partial charge is 0.231 e. The maximum atomic E-state index is 6.12. The van der Waals surface area contributed by atoms with E-state index in [1.165, 1.54) is 0 Å². The molecule has 2 aromatic rings. The van der Waals surface area contributed by atoms with E-state index in [0.717, 1.165) is 16.5 Å². The highest BCUT2D eigenvalue weighted by atomic mass is 35.5. The summed E-state index contributed by atoms with van der Waals surface area (Å²) in [5.41, 5.74) is 1.07. The third-order valence-electron chi connectivity index (χ3n) is 2.52. The van der Waals surface area contributed by atoms with Crippen molar-refractivity contribution in [2.45, 2.75) is 10.9 Å². The van der Waals surface area contributed by atoms with Crippen molar-refractivity contribution in [3.63, 3.8) is 0 Å².